The zero-order valence-electron chi connectivity index (χ0n) is 16.4. The van der Waals surface area contributed by atoms with E-state index in [1.807, 2.05) is 36.4 Å². The number of carbonyl (C=O) groups excluding carboxylic acids is 1. The van der Waals surface area contributed by atoms with Gasteiger partial charge in [-0.15, -0.1) is 0 Å². The van der Waals surface area contributed by atoms with E-state index in [9.17, 15) is 9.90 Å². The van der Waals surface area contributed by atoms with E-state index in [1.165, 1.54) is 5.56 Å². The number of nitrogens with zero attached hydrogens (tertiary/aromatic N) is 1. The summed E-state index contributed by atoms with van der Waals surface area (Å²) in [4.78, 5) is 14.9. The quantitative estimate of drug-likeness (QED) is 0.883. The van der Waals surface area contributed by atoms with Crippen molar-refractivity contribution in [2.24, 2.45) is 5.92 Å². The predicted octanol–water partition coefficient (Wildman–Crippen LogP) is 3.84. The molecule has 3 aliphatic rings. The van der Waals surface area contributed by atoms with Gasteiger partial charge in [0.05, 0.1) is 0 Å². The number of hydrogen-bond acceptors (Lipinski definition) is 4. The number of piperidine rings is 1. The Labute approximate surface area is 166 Å². The molecular weight excluding hydrogens is 350 g/mol. The third-order valence-corrected chi connectivity index (χ3v) is 7.29. The molecule has 0 amide bonds. The first-order valence-electron chi connectivity index (χ1n) is 10.3. The van der Waals surface area contributed by atoms with Gasteiger partial charge in [0.15, 0.2) is 11.5 Å². The summed E-state index contributed by atoms with van der Waals surface area (Å²) in [5.41, 5.74) is 3.03. The molecule has 1 heterocycles. The third kappa shape index (κ3) is 2.66. The summed E-state index contributed by atoms with van der Waals surface area (Å²) in [5.74, 6) is 1.57. The van der Waals surface area contributed by atoms with Crippen LogP contribution in [0.3, 0.4) is 0 Å². The molecule has 0 radical (unpaired) electrons. The molecule has 4 nitrogen and oxygen atoms in total. The Morgan fingerprint density at radius 2 is 2.04 bits per heavy atom. The van der Waals surface area contributed by atoms with E-state index in [-0.39, 0.29) is 11.2 Å². The van der Waals surface area contributed by atoms with Crippen LogP contribution in [0.1, 0.15) is 42.4 Å². The highest BCUT2D eigenvalue weighted by Crippen LogP contribution is 2.58. The first-order chi connectivity index (χ1) is 13.6. The fraction of sp³-hybridized carbons (Fsp3) is 0.458. The lowest BCUT2D eigenvalue weighted by atomic mass is 9.52. The Morgan fingerprint density at radius 1 is 1.21 bits per heavy atom. The van der Waals surface area contributed by atoms with Gasteiger partial charge in [-0.3, -0.25) is 4.79 Å². The molecule has 1 aliphatic heterocycles. The average Bonchev–Trinajstić information content (AvgIpc) is 2.70. The normalized spacial score (nSPS) is 29.1. The molecule has 0 aromatic heterocycles. The molecule has 2 aromatic carbocycles. The zero-order chi connectivity index (χ0) is 19.3. The minimum atomic E-state index is -0.226. The molecule has 28 heavy (non-hydrogen) atoms. The summed E-state index contributed by atoms with van der Waals surface area (Å²) in [7, 11) is 2.20. The summed E-state index contributed by atoms with van der Waals surface area (Å²) >= 11 is 0. The second-order valence-corrected chi connectivity index (χ2v) is 8.74. The van der Waals surface area contributed by atoms with Crippen LogP contribution in [0.4, 0.5) is 0 Å². The highest BCUT2D eigenvalue weighted by Gasteiger charge is 2.56. The van der Waals surface area contributed by atoms with Crippen LogP contribution in [0, 0.1) is 5.92 Å². The molecule has 4 heteroatoms. The second-order valence-electron chi connectivity index (χ2n) is 8.74. The lowest BCUT2D eigenvalue weighted by Gasteiger charge is -2.58. The van der Waals surface area contributed by atoms with Crippen LogP contribution in [0.15, 0.2) is 42.5 Å². The summed E-state index contributed by atoms with van der Waals surface area (Å²) in [6, 6.07) is 14.5. The molecule has 3 atom stereocenters. The molecule has 1 unspecified atom stereocenters. The van der Waals surface area contributed by atoms with Crippen molar-refractivity contribution in [1.82, 2.24) is 4.90 Å². The van der Waals surface area contributed by atoms with Crippen molar-refractivity contribution in [2.75, 3.05) is 13.6 Å². The number of ketones is 1. The van der Waals surface area contributed by atoms with E-state index in [1.54, 1.807) is 0 Å². The van der Waals surface area contributed by atoms with Crippen molar-refractivity contribution >= 4 is 5.78 Å². The molecule has 1 saturated carbocycles. The summed E-state index contributed by atoms with van der Waals surface area (Å²) < 4.78 is 6.01. The van der Waals surface area contributed by atoms with Crippen molar-refractivity contribution in [3.63, 3.8) is 0 Å². The van der Waals surface area contributed by atoms with Gasteiger partial charge in [-0.1, -0.05) is 36.4 Å². The van der Waals surface area contributed by atoms with Crippen LogP contribution in [-0.4, -0.2) is 35.4 Å². The molecule has 2 fully saturated rings. The minimum absolute atomic E-state index is 0.226. The van der Waals surface area contributed by atoms with E-state index in [2.05, 4.69) is 18.0 Å². The lowest BCUT2D eigenvalue weighted by molar-refractivity contribution is -0.126. The van der Waals surface area contributed by atoms with Crippen molar-refractivity contribution in [3.05, 3.63) is 59.2 Å². The zero-order valence-corrected chi connectivity index (χ0v) is 16.4. The highest BCUT2D eigenvalue weighted by molar-refractivity contribution is 5.82. The first-order valence-corrected chi connectivity index (χ1v) is 10.3. The van der Waals surface area contributed by atoms with Gasteiger partial charge in [-0.05, 0) is 56.0 Å². The van der Waals surface area contributed by atoms with Crippen LogP contribution in [0.2, 0.25) is 0 Å². The molecule has 146 valence electrons. The maximum absolute atomic E-state index is 12.5. The number of likely N-dealkylation sites (N-methyl/N-ethyl adjacent to an activating group) is 1. The van der Waals surface area contributed by atoms with Crippen LogP contribution in [-0.2, 0) is 23.2 Å². The van der Waals surface area contributed by atoms with Gasteiger partial charge in [0.25, 0.3) is 0 Å². The number of fused-ring (bicyclic) bond motifs is 1. The fourth-order valence-electron chi connectivity index (χ4n) is 5.96. The fourth-order valence-corrected chi connectivity index (χ4v) is 5.96. The summed E-state index contributed by atoms with van der Waals surface area (Å²) in [5, 5.41) is 11.3. The van der Waals surface area contributed by atoms with E-state index < -0.39 is 0 Å². The monoisotopic (exact) mass is 377 g/mol. The van der Waals surface area contributed by atoms with Gasteiger partial charge >= 0.3 is 0 Å². The molecule has 2 bridgehead atoms. The van der Waals surface area contributed by atoms with Gasteiger partial charge in [0.1, 0.15) is 12.4 Å². The number of Topliss-reactive ketones (excluding diaryl/α,β-unsaturated/α-hetero) is 1. The number of aromatic hydroxyl groups is 1. The molecule has 2 aromatic rings. The average molecular weight is 377 g/mol. The number of phenols is 1. The van der Waals surface area contributed by atoms with Crippen LogP contribution in [0.5, 0.6) is 11.5 Å². The Morgan fingerprint density at radius 3 is 2.86 bits per heavy atom. The Balaban J connectivity index is 1.55. The number of carbonyl (C=O) groups is 1. The Kier molecular flexibility index (Phi) is 4.20. The largest absolute Gasteiger partial charge is 0.504 e. The van der Waals surface area contributed by atoms with Crippen LogP contribution >= 0.6 is 0 Å². The lowest BCUT2D eigenvalue weighted by Crippen LogP contribution is -2.60. The number of benzene rings is 2. The Bertz CT molecular complexity index is 910. The molecular formula is C24H27NO3. The topological polar surface area (TPSA) is 49.8 Å². The minimum Gasteiger partial charge on any atom is -0.504 e. The number of hydrogen-bond donors (Lipinski definition) is 1. The smallest absolute Gasteiger partial charge is 0.161 e. The Hall–Kier alpha value is -2.33. The van der Waals surface area contributed by atoms with Gasteiger partial charge < -0.3 is 14.7 Å². The summed E-state index contributed by atoms with van der Waals surface area (Å²) in [6.45, 7) is 1.40. The molecule has 1 N–H and O–H groups in total. The van der Waals surface area contributed by atoms with Crippen LogP contribution < -0.4 is 4.74 Å². The standard InChI is InChI=1S/C24H27NO3/c1-25-12-11-24-14-18(26)8-9-19(24)20(25)13-17-7-10-21(23(27)22(17)24)28-15-16-5-3-2-4-6-16/h2-7,10,19-20,27H,8-9,11-15H2,1H3/t19-,20+,24?/m0/s1. The maximum Gasteiger partial charge on any atom is 0.161 e. The SMILES string of the molecule is CN1CCC23CC(=O)CC[C@H]2[C@H]1Cc1ccc(OCc2ccccc2)c(O)c13. The molecule has 1 saturated heterocycles. The van der Waals surface area contributed by atoms with Crippen molar-refractivity contribution in [2.45, 2.75) is 50.2 Å². The van der Waals surface area contributed by atoms with Gasteiger partial charge in [-0.2, -0.15) is 0 Å². The van der Waals surface area contributed by atoms with Crippen molar-refractivity contribution < 1.29 is 14.6 Å². The van der Waals surface area contributed by atoms with Crippen LogP contribution in [0.25, 0.3) is 0 Å². The first kappa shape index (κ1) is 17.7. The number of likely N-dealkylation sites (tertiary alicyclic amines) is 1. The second kappa shape index (κ2) is 6.63. The van der Waals surface area contributed by atoms with E-state index in [4.69, 9.17) is 4.74 Å². The van der Waals surface area contributed by atoms with Gasteiger partial charge in [0.2, 0.25) is 0 Å². The third-order valence-electron chi connectivity index (χ3n) is 7.29. The van der Waals surface area contributed by atoms with E-state index in [0.29, 0.717) is 42.9 Å². The highest BCUT2D eigenvalue weighted by atomic mass is 16.5. The van der Waals surface area contributed by atoms with Crippen molar-refractivity contribution in [3.8, 4) is 11.5 Å². The van der Waals surface area contributed by atoms with Gasteiger partial charge in [-0.25, -0.2) is 0 Å². The molecule has 5 rings (SSSR count). The van der Waals surface area contributed by atoms with E-state index >= 15 is 0 Å². The molecule has 0 spiro atoms. The number of rotatable bonds is 3. The maximum atomic E-state index is 12.5. The van der Waals surface area contributed by atoms with Crippen molar-refractivity contribution in [1.29, 1.82) is 0 Å². The van der Waals surface area contributed by atoms with E-state index in [0.717, 1.165) is 36.9 Å². The van der Waals surface area contributed by atoms with Gasteiger partial charge in [0, 0.05) is 29.9 Å². The summed E-state index contributed by atoms with van der Waals surface area (Å²) in [6.07, 6.45) is 4.04. The molecule has 2 aliphatic carbocycles. The number of ether oxygens (including phenoxy) is 1. The predicted molar refractivity (Wildman–Crippen MR) is 108 cm³/mol. The number of phenolic OH excluding ortho intramolecular Hbond substituents is 1.